The van der Waals surface area contributed by atoms with E-state index in [0.717, 1.165) is 10.9 Å². The van der Waals surface area contributed by atoms with Gasteiger partial charge < -0.3 is 10.3 Å². The molecule has 0 radical (unpaired) electrons. The van der Waals surface area contributed by atoms with Crippen LogP contribution in [0.15, 0.2) is 54.6 Å². The molecule has 4 heteroatoms. The van der Waals surface area contributed by atoms with Gasteiger partial charge in [-0.25, -0.2) is 0 Å². The predicted molar refractivity (Wildman–Crippen MR) is 77.4 cm³/mol. The van der Waals surface area contributed by atoms with Gasteiger partial charge in [0.2, 0.25) is 0 Å². The lowest BCUT2D eigenvalue weighted by atomic mass is 10.2. The molecule has 1 heterocycles. The minimum atomic E-state index is -0.203. The standard InChI is InChI=1S/C16H11N3O/c17-10-11-5-7-13(8-6-11)18-16(20)15-9-12-3-1-2-4-14(12)19-15/h1-9,19H,(H,18,20). The maximum atomic E-state index is 12.1. The maximum Gasteiger partial charge on any atom is 0.272 e. The zero-order chi connectivity index (χ0) is 13.9. The van der Waals surface area contributed by atoms with Crippen LogP contribution in [0.4, 0.5) is 5.69 Å². The molecule has 20 heavy (non-hydrogen) atoms. The Morgan fingerprint density at radius 2 is 1.85 bits per heavy atom. The Balaban J connectivity index is 1.83. The largest absolute Gasteiger partial charge is 0.351 e. The van der Waals surface area contributed by atoms with Crippen molar-refractivity contribution in [3.05, 3.63) is 65.9 Å². The molecule has 0 aliphatic carbocycles. The highest BCUT2D eigenvalue weighted by molar-refractivity contribution is 6.05. The third-order valence-electron chi connectivity index (χ3n) is 3.05. The van der Waals surface area contributed by atoms with Gasteiger partial charge >= 0.3 is 0 Å². The summed E-state index contributed by atoms with van der Waals surface area (Å²) in [6, 6.07) is 18.3. The maximum absolute atomic E-state index is 12.1. The van der Waals surface area contributed by atoms with Crippen molar-refractivity contribution in [3.63, 3.8) is 0 Å². The zero-order valence-electron chi connectivity index (χ0n) is 10.6. The Hall–Kier alpha value is -3.06. The normalized spacial score (nSPS) is 10.2. The number of aromatic nitrogens is 1. The summed E-state index contributed by atoms with van der Waals surface area (Å²) in [7, 11) is 0. The summed E-state index contributed by atoms with van der Waals surface area (Å²) in [6.45, 7) is 0. The number of nitrogens with one attached hydrogen (secondary N) is 2. The van der Waals surface area contributed by atoms with E-state index in [9.17, 15) is 4.79 Å². The van der Waals surface area contributed by atoms with Gasteiger partial charge in [-0.3, -0.25) is 4.79 Å². The molecule has 2 aromatic carbocycles. The first kappa shape index (κ1) is 12.0. The second kappa shape index (κ2) is 4.90. The Morgan fingerprint density at radius 1 is 1.10 bits per heavy atom. The Kier molecular flexibility index (Phi) is 2.94. The van der Waals surface area contributed by atoms with Crippen LogP contribution in [0.25, 0.3) is 10.9 Å². The van der Waals surface area contributed by atoms with Gasteiger partial charge in [-0.05, 0) is 36.4 Å². The van der Waals surface area contributed by atoms with E-state index in [-0.39, 0.29) is 5.91 Å². The molecule has 0 spiro atoms. The highest BCUT2D eigenvalue weighted by atomic mass is 16.1. The molecule has 1 amide bonds. The van der Waals surface area contributed by atoms with Crippen LogP contribution < -0.4 is 5.32 Å². The highest BCUT2D eigenvalue weighted by Crippen LogP contribution is 2.16. The third-order valence-corrected chi connectivity index (χ3v) is 3.05. The monoisotopic (exact) mass is 261 g/mol. The van der Waals surface area contributed by atoms with Gasteiger partial charge in [0.15, 0.2) is 0 Å². The molecule has 0 atom stereocenters. The molecule has 2 N–H and O–H groups in total. The van der Waals surface area contributed by atoms with Gasteiger partial charge in [-0.1, -0.05) is 18.2 Å². The average molecular weight is 261 g/mol. The van der Waals surface area contributed by atoms with Crippen molar-refractivity contribution in [1.29, 1.82) is 5.26 Å². The number of benzene rings is 2. The van der Waals surface area contributed by atoms with Crippen molar-refractivity contribution >= 4 is 22.5 Å². The smallest absolute Gasteiger partial charge is 0.272 e. The highest BCUT2D eigenvalue weighted by Gasteiger charge is 2.09. The van der Waals surface area contributed by atoms with E-state index in [0.29, 0.717) is 16.9 Å². The number of aromatic amines is 1. The van der Waals surface area contributed by atoms with Gasteiger partial charge in [-0.15, -0.1) is 0 Å². The summed E-state index contributed by atoms with van der Waals surface area (Å²) >= 11 is 0. The molecule has 4 nitrogen and oxygen atoms in total. The minimum absolute atomic E-state index is 0.203. The van der Waals surface area contributed by atoms with E-state index in [1.54, 1.807) is 24.3 Å². The summed E-state index contributed by atoms with van der Waals surface area (Å²) in [4.78, 5) is 15.2. The number of anilines is 1. The number of hydrogen-bond acceptors (Lipinski definition) is 2. The molecule has 0 aliphatic heterocycles. The van der Waals surface area contributed by atoms with Crippen LogP contribution in [0.5, 0.6) is 0 Å². The number of nitriles is 1. The van der Waals surface area contributed by atoms with Crippen molar-refractivity contribution in [2.75, 3.05) is 5.32 Å². The molecular weight excluding hydrogens is 250 g/mol. The van der Waals surface area contributed by atoms with Crippen molar-refractivity contribution in [1.82, 2.24) is 4.98 Å². The molecular formula is C16H11N3O. The number of hydrogen-bond donors (Lipinski definition) is 2. The number of amides is 1. The quantitative estimate of drug-likeness (QED) is 0.743. The SMILES string of the molecule is N#Cc1ccc(NC(=O)c2cc3ccccc3[nH]2)cc1. The average Bonchev–Trinajstić information content (AvgIpc) is 2.92. The molecule has 0 saturated carbocycles. The van der Waals surface area contributed by atoms with Crippen molar-refractivity contribution in [3.8, 4) is 6.07 Å². The molecule has 0 aliphatic rings. The molecule has 96 valence electrons. The third kappa shape index (κ3) is 2.25. The van der Waals surface area contributed by atoms with Gasteiger partial charge in [0.25, 0.3) is 5.91 Å². The molecule has 0 saturated heterocycles. The van der Waals surface area contributed by atoms with Gasteiger partial charge in [0.05, 0.1) is 11.6 Å². The molecule has 1 aromatic heterocycles. The van der Waals surface area contributed by atoms with Crippen LogP contribution in [0.2, 0.25) is 0 Å². The lowest BCUT2D eigenvalue weighted by molar-refractivity contribution is 0.102. The van der Waals surface area contributed by atoms with E-state index in [1.807, 2.05) is 36.4 Å². The van der Waals surface area contributed by atoms with Crippen molar-refractivity contribution < 1.29 is 4.79 Å². The summed E-state index contributed by atoms with van der Waals surface area (Å²) in [5.74, 6) is -0.203. The number of H-pyrrole nitrogens is 1. The van der Waals surface area contributed by atoms with Crippen LogP contribution in [-0.4, -0.2) is 10.9 Å². The number of fused-ring (bicyclic) bond motifs is 1. The van der Waals surface area contributed by atoms with E-state index in [4.69, 9.17) is 5.26 Å². The van der Waals surface area contributed by atoms with Crippen LogP contribution >= 0.6 is 0 Å². The van der Waals surface area contributed by atoms with E-state index >= 15 is 0 Å². The van der Waals surface area contributed by atoms with Crippen LogP contribution in [0, 0.1) is 11.3 Å². The van der Waals surface area contributed by atoms with Crippen molar-refractivity contribution in [2.24, 2.45) is 0 Å². The summed E-state index contributed by atoms with van der Waals surface area (Å²) < 4.78 is 0. The Morgan fingerprint density at radius 3 is 2.55 bits per heavy atom. The second-order valence-corrected chi connectivity index (χ2v) is 4.41. The fourth-order valence-corrected chi connectivity index (χ4v) is 2.02. The first-order valence-electron chi connectivity index (χ1n) is 6.15. The minimum Gasteiger partial charge on any atom is -0.351 e. The second-order valence-electron chi connectivity index (χ2n) is 4.41. The van der Waals surface area contributed by atoms with Gasteiger partial charge in [0, 0.05) is 16.6 Å². The molecule has 3 aromatic rings. The molecule has 3 rings (SSSR count). The van der Waals surface area contributed by atoms with Crippen LogP contribution in [0.1, 0.15) is 16.1 Å². The first-order valence-corrected chi connectivity index (χ1v) is 6.15. The topological polar surface area (TPSA) is 68.7 Å². The predicted octanol–water partition coefficient (Wildman–Crippen LogP) is 3.29. The van der Waals surface area contributed by atoms with E-state index in [2.05, 4.69) is 10.3 Å². The van der Waals surface area contributed by atoms with Crippen LogP contribution in [-0.2, 0) is 0 Å². The lowest BCUT2D eigenvalue weighted by Crippen LogP contribution is -2.12. The Bertz CT molecular complexity index is 777. The lowest BCUT2D eigenvalue weighted by Gasteiger charge is -2.03. The molecule has 0 bridgehead atoms. The number of para-hydroxylation sites is 1. The summed E-state index contributed by atoms with van der Waals surface area (Å²) in [5.41, 5.74) is 2.66. The first-order chi connectivity index (χ1) is 9.76. The Labute approximate surface area is 115 Å². The fraction of sp³-hybridized carbons (Fsp3) is 0. The van der Waals surface area contributed by atoms with E-state index in [1.165, 1.54) is 0 Å². The summed E-state index contributed by atoms with van der Waals surface area (Å²) in [6.07, 6.45) is 0. The zero-order valence-corrected chi connectivity index (χ0v) is 10.6. The number of rotatable bonds is 2. The van der Waals surface area contributed by atoms with Gasteiger partial charge in [-0.2, -0.15) is 5.26 Å². The summed E-state index contributed by atoms with van der Waals surface area (Å²) in [5, 5.41) is 12.5. The number of nitrogens with zero attached hydrogens (tertiary/aromatic N) is 1. The fourth-order valence-electron chi connectivity index (χ4n) is 2.02. The van der Waals surface area contributed by atoms with Crippen LogP contribution in [0.3, 0.4) is 0 Å². The molecule has 0 unspecified atom stereocenters. The van der Waals surface area contributed by atoms with Gasteiger partial charge in [0.1, 0.15) is 5.69 Å². The van der Waals surface area contributed by atoms with Crippen molar-refractivity contribution in [2.45, 2.75) is 0 Å². The van der Waals surface area contributed by atoms with E-state index < -0.39 is 0 Å². The molecule has 0 fully saturated rings. The number of carbonyl (C=O) groups excluding carboxylic acids is 1. The number of carbonyl (C=O) groups is 1.